The molecule has 3 heterocycles. The van der Waals surface area contributed by atoms with Crippen molar-refractivity contribution >= 4 is 5.82 Å². The summed E-state index contributed by atoms with van der Waals surface area (Å²) in [5, 5.41) is 4.53. The average molecular weight is 361 g/mol. The summed E-state index contributed by atoms with van der Waals surface area (Å²) in [6.45, 7) is 2.41. The molecule has 1 aliphatic heterocycles. The van der Waals surface area contributed by atoms with E-state index in [1.54, 1.807) is 6.33 Å². The maximum Gasteiger partial charge on any atom is 0.132 e. The van der Waals surface area contributed by atoms with Crippen LogP contribution < -0.4 is 4.90 Å². The lowest BCUT2D eigenvalue weighted by Crippen LogP contribution is -2.26. The molecule has 1 saturated heterocycles. The second-order valence-electron chi connectivity index (χ2n) is 7.35. The van der Waals surface area contributed by atoms with Crippen molar-refractivity contribution < 1.29 is 4.74 Å². The molecule has 6 nitrogen and oxygen atoms in total. The van der Waals surface area contributed by atoms with Crippen molar-refractivity contribution in [3.63, 3.8) is 0 Å². The highest BCUT2D eigenvalue weighted by atomic mass is 16.5. The van der Waals surface area contributed by atoms with Gasteiger partial charge in [0.1, 0.15) is 12.1 Å². The van der Waals surface area contributed by atoms with Gasteiger partial charge in [-0.3, -0.25) is 0 Å². The number of aromatic nitrogens is 4. The molecule has 5 rings (SSSR count). The molecule has 0 amide bonds. The lowest BCUT2D eigenvalue weighted by molar-refractivity contribution is 0.193. The van der Waals surface area contributed by atoms with Gasteiger partial charge in [0.25, 0.3) is 0 Å². The number of para-hydroxylation sites is 1. The third-order valence-corrected chi connectivity index (χ3v) is 5.31. The minimum absolute atomic E-state index is 0.397. The highest BCUT2D eigenvalue weighted by Crippen LogP contribution is 2.33. The van der Waals surface area contributed by atoms with Crippen LogP contribution in [-0.2, 0) is 11.3 Å². The first-order valence-electron chi connectivity index (χ1n) is 9.62. The summed E-state index contributed by atoms with van der Waals surface area (Å²) >= 11 is 0. The molecule has 2 aromatic heterocycles. The summed E-state index contributed by atoms with van der Waals surface area (Å²) in [4.78, 5) is 11.5. The van der Waals surface area contributed by atoms with Gasteiger partial charge < -0.3 is 9.64 Å². The summed E-state index contributed by atoms with van der Waals surface area (Å²) in [6, 6.07) is 12.9. The third-order valence-electron chi connectivity index (χ3n) is 5.31. The van der Waals surface area contributed by atoms with Crippen LogP contribution in [0.1, 0.15) is 36.4 Å². The van der Waals surface area contributed by atoms with E-state index in [1.165, 1.54) is 18.4 Å². The van der Waals surface area contributed by atoms with E-state index in [-0.39, 0.29) is 0 Å². The van der Waals surface area contributed by atoms with Crippen molar-refractivity contribution in [3.8, 4) is 5.69 Å². The van der Waals surface area contributed by atoms with Crippen molar-refractivity contribution in [1.29, 1.82) is 0 Å². The van der Waals surface area contributed by atoms with Crippen LogP contribution in [0.2, 0.25) is 0 Å². The quantitative estimate of drug-likeness (QED) is 0.674. The maximum atomic E-state index is 5.53. The van der Waals surface area contributed by atoms with Crippen LogP contribution in [0, 0.1) is 0 Å². The number of hydrogen-bond acceptors (Lipinski definition) is 5. The molecule has 0 bridgehead atoms. The van der Waals surface area contributed by atoms with Gasteiger partial charge in [0.05, 0.1) is 24.2 Å². The van der Waals surface area contributed by atoms with E-state index >= 15 is 0 Å². The molecule has 1 atom stereocenters. The van der Waals surface area contributed by atoms with Gasteiger partial charge >= 0.3 is 0 Å². The van der Waals surface area contributed by atoms with E-state index in [1.807, 2.05) is 29.1 Å². The van der Waals surface area contributed by atoms with Gasteiger partial charge in [0.15, 0.2) is 0 Å². The van der Waals surface area contributed by atoms with Gasteiger partial charge in [-0.15, -0.1) is 0 Å². The van der Waals surface area contributed by atoms with Gasteiger partial charge in [0, 0.05) is 42.9 Å². The fraction of sp³-hybridized carbons (Fsp3) is 0.381. The summed E-state index contributed by atoms with van der Waals surface area (Å²) < 4.78 is 7.46. The predicted molar refractivity (Wildman–Crippen MR) is 103 cm³/mol. The molecule has 0 radical (unpaired) electrons. The van der Waals surface area contributed by atoms with E-state index in [0.29, 0.717) is 12.0 Å². The molecule has 3 aromatic rings. The highest BCUT2D eigenvalue weighted by molar-refractivity contribution is 5.44. The van der Waals surface area contributed by atoms with Crippen molar-refractivity contribution in [2.75, 3.05) is 18.1 Å². The normalized spacial score (nSPS) is 19.3. The van der Waals surface area contributed by atoms with E-state index in [4.69, 9.17) is 4.74 Å². The zero-order valence-electron chi connectivity index (χ0n) is 15.2. The van der Waals surface area contributed by atoms with Gasteiger partial charge in [-0.2, -0.15) is 5.10 Å². The van der Waals surface area contributed by atoms with Crippen LogP contribution in [0.4, 0.5) is 5.82 Å². The summed E-state index contributed by atoms with van der Waals surface area (Å²) in [6.07, 6.45) is 9.25. The largest absolute Gasteiger partial charge is 0.381 e. The Labute approximate surface area is 158 Å². The SMILES string of the molecule is c1ccc(-n2cc(CN(c3cc([C@H]4CCOC4)ncn3)C3CC3)cn2)cc1. The molecular formula is C21H23N5O. The Morgan fingerprint density at radius 2 is 2.00 bits per heavy atom. The van der Waals surface area contributed by atoms with Crippen molar-refractivity contribution in [2.45, 2.75) is 37.8 Å². The average Bonchev–Trinajstić information content (AvgIpc) is 3.21. The molecule has 138 valence electrons. The highest BCUT2D eigenvalue weighted by Gasteiger charge is 2.31. The van der Waals surface area contributed by atoms with Crippen LogP contribution in [0.15, 0.2) is 55.1 Å². The van der Waals surface area contributed by atoms with Crippen LogP contribution >= 0.6 is 0 Å². The number of hydrogen-bond donors (Lipinski definition) is 0. The molecule has 0 spiro atoms. The number of anilines is 1. The molecule has 0 N–H and O–H groups in total. The summed E-state index contributed by atoms with van der Waals surface area (Å²) in [5.41, 5.74) is 3.37. The topological polar surface area (TPSA) is 56.1 Å². The van der Waals surface area contributed by atoms with Crippen molar-refractivity contribution in [2.24, 2.45) is 0 Å². The predicted octanol–water partition coefficient (Wildman–Crippen LogP) is 3.34. The first-order valence-corrected chi connectivity index (χ1v) is 9.62. The first-order chi connectivity index (χ1) is 13.4. The van der Waals surface area contributed by atoms with Crippen LogP contribution in [0.5, 0.6) is 0 Å². The Morgan fingerprint density at radius 1 is 1.11 bits per heavy atom. The summed E-state index contributed by atoms with van der Waals surface area (Å²) in [5.74, 6) is 1.41. The van der Waals surface area contributed by atoms with E-state index in [2.05, 4.69) is 44.4 Å². The molecule has 1 aliphatic carbocycles. The number of nitrogens with zero attached hydrogens (tertiary/aromatic N) is 5. The Morgan fingerprint density at radius 3 is 2.78 bits per heavy atom. The van der Waals surface area contributed by atoms with Crippen LogP contribution in [-0.4, -0.2) is 39.0 Å². The molecule has 27 heavy (non-hydrogen) atoms. The van der Waals surface area contributed by atoms with Crippen molar-refractivity contribution in [3.05, 3.63) is 66.4 Å². The minimum atomic E-state index is 0.397. The standard InChI is InChI=1S/C21H23N5O/c1-2-4-19(5-3-1)26-13-16(11-24-26)12-25(18-6-7-18)21-10-20(22-15-23-21)17-8-9-27-14-17/h1-5,10-11,13,15,17-18H,6-9,12,14H2/t17-/m0/s1. The van der Waals surface area contributed by atoms with Gasteiger partial charge in [0.2, 0.25) is 0 Å². The van der Waals surface area contributed by atoms with Gasteiger partial charge in [-0.05, 0) is 31.4 Å². The first kappa shape index (κ1) is 16.4. The number of ether oxygens (including phenoxy) is 1. The lowest BCUT2D eigenvalue weighted by Gasteiger charge is -2.23. The maximum absolute atomic E-state index is 5.53. The van der Waals surface area contributed by atoms with Gasteiger partial charge in [-0.1, -0.05) is 18.2 Å². The molecule has 6 heteroatoms. The molecular weight excluding hydrogens is 338 g/mol. The molecule has 2 aliphatic rings. The molecule has 2 fully saturated rings. The molecule has 1 saturated carbocycles. The zero-order chi connectivity index (χ0) is 18.1. The summed E-state index contributed by atoms with van der Waals surface area (Å²) in [7, 11) is 0. The Kier molecular flexibility index (Phi) is 4.33. The van der Waals surface area contributed by atoms with E-state index in [0.717, 1.165) is 43.4 Å². The van der Waals surface area contributed by atoms with Crippen LogP contribution in [0.25, 0.3) is 5.69 Å². The molecule has 1 aromatic carbocycles. The van der Waals surface area contributed by atoms with Crippen LogP contribution in [0.3, 0.4) is 0 Å². The second-order valence-corrected chi connectivity index (χ2v) is 7.35. The Balaban J connectivity index is 1.38. The fourth-order valence-corrected chi connectivity index (χ4v) is 3.65. The van der Waals surface area contributed by atoms with E-state index in [9.17, 15) is 0 Å². The number of benzene rings is 1. The monoisotopic (exact) mass is 361 g/mol. The zero-order valence-corrected chi connectivity index (χ0v) is 15.2. The molecule has 0 unspecified atom stereocenters. The van der Waals surface area contributed by atoms with E-state index < -0.39 is 0 Å². The lowest BCUT2D eigenvalue weighted by atomic mass is 10.0. The smallest absolute Gasteiger partial charge is 0.132 e. The minimum Gasteiger partial charge on any atom is -0.381 e. The third kappa shape index (κ3) is 3.57. The second kappa shape index (κ2) is 7.12. The fourth-order valence-electron chi connectivity index (χ4n) is 3.65. The Bertz CT molecular complexity index is 900. The van der Waals surface area contributed by atoms with Crippen molar-refractivity contribution in [1.82, 2.24) is 19.7 Å². The Hall–Kier alpha value is -2.73. The number of rotatable bonds is 6. The van der Waals surface area contributed by atoms with Gasteiger partial charge in [-0.25, -0.2) is 14.6 Å².